The summed E-state index contributed by atoms with van der Waals surface area (Å²) >= 11 is 7.52. The zero-order valence-electron chi connectivity index (χ0n) is 12.4. The standard InChI is InChI=1S/C17H16ClN3OS/c18-15-8-4-7-14(11-15)12-23-17-20-19-16(22)21(17)10-9-13-5-2-1-3-6-13/h1-8,11H,9-10,12H2,(H,19,22). The van der Waals surface area contributed by atoms with Crippen molar-refractivity contribution in [1.29, 1.82) is 0 Å². The van der Waals surface area contributed by atoms with Gasteiger partial charge in [0.1, 0.15) is 0 Å². The zero-order chi connectivity index (χ0) is 16.1. The Balaban J connectivity index is 1.67. The Labute approximate surface area is 143 Å². The summed E-state index contributed by atoms with van der Waals surface area (Å²) in [5.41, 5.74) is 2.13. The van der Waals surface area contributed by atoms with E-state index in [4.69, 9.17) is 11.6 Å². The van der Waals surface area contributed by atoms with Crippen molar-refractivity contribution in [3.05, 3.63) is 81.2 Å². The van der Waals surface area contributed by atoms with Gasteiger partial charge in [0.25, 0.3) is 0 Å². The van der Waals surface area contributed by atoms with Crippen LogP contribution in [0.2, 0.25) is 5.02 Å². The average Bonchev–Trinajstić information content (AvgIpc) is 2.92. The molecule has 0 saturated carbocycles. The Hall–Kier alpha value is -1.98. The van der Waals surface area contributed by atoms with E-state index < -0.39 is 0 Å². The molecule has 23 heavy (non-hydrogen) atoms. The van der Waals surface area contributed by atoms with Gasteiger partial charge in [-0.25, -0.2) is 9.89 Å². The van der Waals surface area contributed by atoms with Crippen LogP contribution in [0, 0.1) is 0 Å². The fourth-order valence-electron chi connectivity index (χ4n) is 2.27. The highest BCUT2D eigenvalue weighted by Crippen LogP contribution is 2.21. The largest absolute Gasteiger partial charge is 0.343 e. The molecule has 0 fully saturated rings. The van der Waals surface area contributed by atoms with Crippen molar-refractivity contribution in [3.63, 3.8) is 0 Å². The van der Waals surface area contributed by atoms with Crippen molar-refractivity contribution >= 4 is 23.4 Å². The van der Waals surface area contributed by atoms with Gasteiger partial charge in [0.05, 0.1) is 0 Å². The van der Waals surface area contributed by atoms with E-state index in [2.05, 4.69) is 22.3 Å². The summed E-state index contributed by atoms with van der Waals surface area (Å²) in [4.78, 5) is 11.9. The first-order chi connectivity index (χ1) is 11.2. The van der Waals surface area contributed by atoms with Crippen molar-refractivity contribution in [2.45, 2.75) is 23.9 Å². The molecule has 3 aromatic rings. The fraction of sp³-hybridized carbons (Fsp3) is 0.176. The summed E-state index contributed by atoms with van der Waals surface area (Å²) in [6, 6.07) is 17.8. The molecule has 0 unspecified atom stereocenters. The lowest BCUT2D eigenvalue weighted by Gasteiger charge is -2.06. The van der Waals surface area contributed by atoms with Crippen molar-refractivity contribution in [3.8, 4) is 0 Å². The highest BCUT2D eigenvalue weighted by Gasteiger charge is 2.09. The van der Waals surface area contributed by atoms with E-state index >= 15 is 0 Å². The van der Waals surface area contributed by atoms with Crippen LogP contribution in [0.15, 0.2) is 64.5 Å². The van der Waals surface area contributed by atoms with Crippen molar-refractivity contribution in [2.75, 3.05) is 0 Å². The highest BCUT2D eigenvalue weighted by atomic mass is 35.5. The third-order valence-electron chi connectivity index (χ3n) is 3.45. The van der Waals surface area contributed by atoms with Crippen LogP contribution in [0.25, 0.3) is 0 Å². The fourth-order valence-corrected chi connectivity index (χ4v) is 3.40. The minimum absolute atomic E-state index is 0.172. The minimum Gasteiger partial charge on any atom is -0.270 e. The summed E-state index contributed by atoms with van der Waals surface area (Å²) in [5.74, 6) is 0.718. The summed E-state index contributed by atoms with van der Waals surface area (Å²) < 4.78 is 1.68. The monoisotopic (exact) mass is 345 g/mol. The first-order valence-corrected chi connectivity index (χ1v) is 8.65. The number of aromatic nitrogens is 3. The molecule has 0 aliphatic rings. The van der Waals surface area contributed by atoms with Crippen LogP contribution < -0.4 is 5.69 Å². The molecule has 6 heteroatoms. The Kier molecular flexibility index (Phi) is 5.20. The molecule has 3 rings (SSSR count). The topological polar surface area (TPSA) is 50.7 Å². The van der Waals surface area contributed by atoms with E-state index in [9.17, 15) is 4.79 Å². The number of hydrogen-bond acceptors (Lipinski definition) is 3. The lowest BCUT2D eigenvalue weighted by atomic mass is 10.1. The second-order valence-electron chi connectivity index (χ2n) is 5.12. The number of halogens is 1. The predicted octanol–water partition coefficient (Wildman–Crippen LogP) is 3.76. The van der Waals surface area contributed by atoms with E-state index in [0.29, 0.717) is 16.7 Å². The molecule has 0 amide bonds. The maximum absolute atomic E-state index is 11.9. The third kappa shape index (κ3) is 4.27. The Morgan fingerprint density at radius 3 is 2.65 bits per heavy atom. The first kappa shape index (κ1) is 15.9. The quantitative estimate of drug-likeness (QED) is 0.692. The van der Waals surface area contributed by atoms with Gasteiger partial charge in [0, 0.05) is 17.3 Å². The van der Waals surface area contributed by atoms with Gasteiger partial charge < -0.3 is 0 Å². The molecular formula is C17H16ClN3OS. The van der Waals surface area contributed by atoms with Crippen LogP contribution in [0.4, 0.5) is 0 Å². The second-order valence-corrected chi connectivity index (χ2v) is 6.50. The van der Waals surface area contributed by atoms with Gasteiger partial charge in [-0.15, -0.1) is 5.10 Å². The van der Waals surface area contributed by atoms with Gasteiger partial charge in [0.15, 0.2) is 5.16 Å². The Bertz CT molecular complexity index is 829. The molecule has 0 atom stereocenters. The van der Waals surface area contributed by atoms with Gasteiger partial charge in [-0.1, -0.05) is 65.8 Å². The van der Waals surface area contributed by atoms with Crippen molar-refractivity contribution in [2.24, 2.45) is 0 Å². The SMILES string of the molecule is O=c1[nH]nc(SCc2cccc(Cl)c2)n1CCc1ccccc1. The predicted molar refractivity (Wildman–Crippen MR) is 94.0 cm³/mol. The second kappa shape index (κ2) is 7.53. The molecule has 0 spiro atoms. The normalized spacial score (nSPS) is 10.8. The number of hydrogen-bond donors (Lipinski definition) is 1. The van der Waals surface area contributed by atoms with Gasteiger partial charge >= 0.3 is 5.69 Å². The molecule has 0 radical (unpaired) electrons. The van der Waals surface area contributed by atoms with Crippen LogP contribution >= 0.6 is 23.4 Å². The molecule has 1 N–H and O–H groups in total. The van der Waals surface area contributed by atoms with Gasteiger partial charge in [-0.2, -0.15) is 0 Å². The molecule has 0 aliphatic heterocycles. The Morgan fingerprint density at radius 1 is 1.09 bits per heavy atom. The molecule has 0 bridgehead atoms. The summed E-state index contributed by atoms with van der Waals surface area (Å²) in [5, 5.41) is 8.07. The lowest BCUT2D eigenvalue weighted by Crippen LogP contribution is -2.18. The van der Waals surface area contributed by atoms with Gasteiger partial charge in [0.2, 0.25) is 0 Å². The molecule has 118 valence electrons. The van der Waals surface area contributed by atoms with E-state index in [1.165, 1.54) is 17.3 Å². The molecule has 4 nitrogen and oxygen atoms in total. The molecule has 1 aromatic heterocycles. The number of nitrogens with zero attached hydrogens (tertiary/aromatic N) is 2. The Morgan fingerprint density at radius 2 is 1.87 bits per heavy atom. The van der Waals surface area contributed by atoms with E-state index in [-0.39, 0.29) is 5.69 Å². The molecule has 1 heterocycles. The molecule has 0 saturated heterocycles. The molecule has 2 aromatic carbocycles. The average molecular weight is 346 g/mol. The number of rotatable bonds is 6. The first-order valence-electron chi connectivity index (χ1n) is 7.29. The number of benzene rings is 2. The van der Waals surface area contributed by atoms with Crippen LogP contribution in [-0.2, 0) is 18.7 Å². The van der Waals surface area contributed by atoms with Crippen molar-refractivity contribution < 1.29 is 0 Å². The van der Waals surface area contributed by atoms with E-state index in [0.717, 1.165) is 17.7 Å². The number of aryl methyl sites for hydroxylation is 1. The zero-order valence-corrected chi connectivity index (χ0v) is 14.0. The minimum atomic E-state index is -0.172. The van der Waals surface area contributed by atoms with Crippen LogP contribution in [0.3, 0.4) is 0 Å². The maximum atomic E-state index is 11.9. The number of thioether (sulfide) groups is 1. The van der Waals surface area contributed by atoms with Crippen LogP contribution in [-0.4, -0.2) is 14.8 Å². The molecular weight excluding hydrogens is 330 g/mol. The van der Waals surface area contributed by atoms with Crippen LogP contribution in [0.1, 0.15) is 11.1 Å². The highest BCUT2D eigenvalue weighted by molar-refractivity contribution is 7.98. The number of nitrogens with one attached hydrogen (secondary N) is 1. The van der Waals surface area contributed by atoms with Crippen molar-refractivity contribution in [1.82, 2.24) is 14.8 Å². The lowest BCUT2D eigenvalue weighted by molar-refractivity contribution is 0.616. The summed E-state index contributed by atoms with van der Waals surface area (Å²) in [7, 11) is 0. The van der Waals surface area contributed by atoms with E-state index in [1.54, 1.807) is 4.57 Å². The van der Waals surface area contributed by atoms with Gasteiger partial charge in [-0.05, 0) is 29.7 Å². The van der Waals surface area contributed by atoms with E-state index in [1.807, 2.05) is 42.5 Å². The van der Waals surface area contributed by atoms with Crippen LogP contribution in [0.5, 0.6) is 0 Å². The maximum Gasteiger partial charge on any atom is 0.343 e. The number of aromatic amines is 1. The molecule has 0 aliphatic carbocycles. The summed E-state index contributed by atoms with van der Waals surface area (Å²) in [6.07, 6.45) is 0.797. The number of H-pyrrole nitrogens is 1. The third-order valence-corrected chi connectivity index (χ3v) is 4.73. The summed E-state index contributed by atoms with van der Waals surface area (Å²) in [6.45, 7) is 0.608. The van der Waals surface area contributed by atoms with Gasteiger partial charge in [-0.3, -0.25) is 4.57 Å². The smallest absolute Gasteiger partial charge is 0.270 e.